The number of methoxy groups -OCH3 is 1. The summed E-state index contributed by atoms with van der Waals surface area (Å²) in [6.07, 6.45) is 0. The quantitative estimate of drug-likeness (QED) is 0.331. The third-order valence-electron chi connectivity index (χ3n) is 4.61. The Balaban J connectivity index is 1.64. The van der Waals surface area contributed by atoms with E-state index in [0.717, 1.165) is 15.7 Å². The lowest BCUT2D eigenvalue weighted by molar-refractivity contribution is -0.113. The molecule has 0 aliphatic carbocycles. The number of nitrogens with one attached hydrogen (secondary N) is 1. The third-order valence-corrected chi connectivity index (χ3v) is 7.87. The van der Waals surface area contributed by atoms with E-state index in [0.29, 0.717) is 32.5 Å². The predicted molar refractivity (Wildman–Crippen MR) is 131 cm³/mol. The lowest BCUT2D eigenvalue weighted by Gasteiger charge is -2.12. The summed E-state index contributed by atoms with van der Waals surface area (Å²) in [4.78, 5) is 17.1. The Bertz CT molecular complexity index is 1440. The average Bonchev–Trinajstić information content (AvgIpc) is 3.17. The number of imidazole rings is 1. The molecule has 33 heavy (non-hydrogen) atoms. The first-order chi connectivity index (χ1) is 15.8. The Morgan fingerprint density at radius 2 is 1.76 bits per heavy atom. The first kappa shape index (κ1) is 23.4. The molecule has 1 aromatic heterocycles. The van der Waals surface area contributed by atoms with Crippen molar-refractivity contribution in [3.63, 3.8) is 0 Å². The number of thioether (sulfide) groups is 1. The van der Waals surface area contributed by atoms with Crippen molar-refractivity contribution in [3.05, 3.63) is 76.8 Å². The maximum Gasteiger partial charge on any atom is 0.270 e. The van der Waals surface area contributed by atoms with E-state index in [2.05, 4.69) is 10.3 Å². The monoisotopic (exact) mass is 521 g/mol. The molecule has 0 aliphatic rings. The van der Waals surface area contributed by atoms with Gasteiger partial charge in [-0.05, 0) is 54.6 Å². The molecule has 1 N–H and O–H groups in total. The molecule has 7 nitrogen and oxygen atoms in total. The molecule has 0 radical (unpaired) electrons. The van der Waals surface area contributed by atoms with Crippen molar-refractivity contribution in [2.45, 2.75) is 10.1 Å². The summed E-state index contributed by atoms with van der Waals surface area (Å²) in [5.41, 5.74) is 1.32. The Morgan fingerprint density at radius 3 is 2.48 bits per heavy atom. The van der Waals surface area contributed by atoms with E-state index in [4.69, 9.17) is 27.9 Å². The lowest BCUT2D eigenvalue weighted by Crippen LogP contribution is -2.17. The normalized spacial score (nSPS) is 11.5. The molecule has 3 aromatic carbocycles. The molecule has 1 heterocycles. The minimum Gasteiger partial charge on any atom is -0.495 e. The molecule has 0 fully saturated rings. The smallest absolute Gasteiger partial charge is 0.270 e. The van der Waals surface area contributed by atoms with E-state index in [1.807, 2.05) is 0 Å². The highest BCUT2D eigenvalue weighted by molar-refractivity contribution is 8.00. The fourth-order valence-electron chi connectivity index (χ4n) is 3.11. The number of hydrogen-bond acceptors (Lipinski definition) is 6. The standard InChI is InChI=1S/C22H17Cl2N3O4S2/c1-31-20-11-8-15(24)12-18(20)25-21(28)13-32-22-26-17-4-2-3-5-19(17)27(22)33(29,30)16-9-6-14(23)7-10-16/h2-12H,13H2,1H3,(H,25,28). The second kappa shape index (κ2) is 9.64. The number of rotatable bonds is 7. The molecule has 0 aliphatic heterocycles. The van der Waals surface area contributed by atoms with Gasteiger partial charge in [0.05, 0.1) is 34.5 Å². The van der Waals surface area contributed by atoms with Crippen LogP contribution in [-0.2, 0) is 14.8 Å². The molecule has 0 saturated carbocycles. The van der Waals surface area contributed by atoms with Crippen molar-refractivity contribution >= 4 is 67.6 Å². The molecule has 0 spiro atoms. The summed E-state index contributed by atoms with van der Waals surface area (Å²) >= 11 is 12.9. The van der Waals surface area contributed by atoms with E-state index in [1.165, 1.54) is 31.4 Å². The number of carbonyl (C=O) groups excluding carboxylic acids is 1. The number of ether oxygens (including phenoxy) is 1. The molecule has 0 atom stereocenters. The zero-order valence-electron chi connectivity index (χ0n) is 17.2. The van der Waals surface area contributed by atoms with Gasteiger partial charge in [0.25, 0.3) is 10.0 Å². The molecular formula is C22H17Cl2N3O4S2. The van der Waals surface area contributed by atoms with Gasteiger partial charge in [0.15, 0.2) is 5.16 Å². The zero-order valence-corrected chi connectivity index (χ0v) is 20.3. The average molecular weight is 522 g/mol. The van der Waals surface area contributed by atoms with Crippen LogP contribution in [0.15, 0.2) is 76.8 Å². The van der Waals surface area contributed by atoms with Crippen LogP contribution in [0.5, 0.6) is 5.75 Å². The van der Waals surface area contributed by atoms with Crippen molar-refractivity contribution in [2.75, 3.05) is 18.2 Å². The van der Waals surface area contributed by atoms with Crippen LogP contribution in [0.3, 0.4) is 0 Å². The van der Waals surface area contributed by atoms with Gasteiger partial charge in [-0.25, -0.2) is 17.4 Å². The maximum atomic E-state index is 13.4. The van der Waals surface area contributed by atoms with Crippen LogP contribution in [0.25, 0.3) is 11.0 Å². The van der Waals surface area contributed by atoms with Gasteiger partial charge in [-0.2, -0.15) is 0 Å². The first-order valence-electron chi connectivity index (χ1n) is 9.54. The highest BCUT2D eigenvalue weighted by Crippen LogP contribution is 2.31. The van der Waals surface area contributed by atoms with E-state index >= 15 is 0 Å². The van der Waals surface area contributed by atoms with Gasteiger partial charge < -0.3 is 10.1 Å². The molecule has 1 amide bonds. The summed E-state index contributed by atoms with van der Waals surface area (Å²) in [7, 11) is -2.50. The number of halogens is 2. The molecule has 0 saturated heterocycles. The molecule has 11 heteroatoms. The number of hydrogen-bond donors (Lipinski definition) is 1. The van der Waals surface area contributed by atoms with Gasteiger partial charge in [-0.1, -0.05) is 47.1 Å². The van der Waals surface area contributed by atoms with Crippen LogP contribution < -0.4 is 10.1 Å². The number of aromatic nitrogens is 2. The summed E-state index contributed by atoms with van der Waals surface area (Å²) in [6, 6.07) is 17.6. The van der Waals surface area contributed by atoms with Gasteiger partial charge in [-0.3, -0.25) is 4.79 Å². The van der Waals surface area contributed by atoms with Gasteiger partial charge in [-0.15, -0.1) is 0 Å². The summed E-state index contributed by atoms with van der Waals surface area (Å²) in [6.45, 7) is 0. The molecule has 0 bridgehead atoms. The summed E-state index contributed by atoms with van der Waals surface area (Å²) < 4.78 is 33.2. The van der Waals surface area contributed by atoms with Crippen molar-refractivity contribution in [1.29, 1.82) is 0 Å². The second-order valence-corrected chi connectivity index (χ2v) is 10.4. The van der Waals surface area contributed by atoms with E-state index in [1.54, 1.807) is 42.5 Å². The highest BCUT2D eigenvalue weighted by atomic mass is 35.5. The van der Waals surface area contributed by atoms with Crippen molar-refractivity contribution < 1.29 is 17.9 Å². The number of carbonyl (C=O) groups is 1. The van der Waals surface area contributed by atoms with Crippen molar-refractivity contribution in [1.82, 2.24) is 8.96 Å². The second-order valence-electron chi connectivity index (χ2n) is 6.79. The summed E-state index contributed by atoms with van der Waals surface area (Å²) in [5, 5.41) is 3.76. The van der Waals surface area contributed by atoms with Crippen LogP contribution in [0, 0.1) is 0 Å². The zero-order chi connectivity index (χ0) is 23.6. The number of amides is 1. The van der Waals surface area contributed by atoms with E-state index in [-0.39, 0.29) is 21.7 Å². The molecule has 0 unspecified atom stereocenters. The Labute approximate surface area is 204 Å². The van der Waals surface area contributed by atoms with Gasteiger partial charge in [0.1, 0.15) is 5.75 Å². The van der Waals surface area contributed by atoms with Crippen LogP contribution in [0.4, 0.5) is 5.69 Å². The summed E-state index contributed by atoms with van der Waals surface area (Å²) in [5.74, 6) is -0.00634. The number of para-hydroxylation sites is 2. The maximum absolute atomic E-state index is 13.4. The number of benzene rings is 3. The molecular weight excluding hydrogens is 505 g/mol. The third kappa shape index (κ3) is 4.96. The Hall–Kier alpha value is -2.72. The minimum absolute atomic E-state index is 0.0602. The van der Waals surface area contributed by atoms with E-state index in [9.17, 15) is 13.2 Å². The Kier molecular flexibility index (Phi) is 6.85. The number of anilines is 1. The van der Waals surface area contributed by atoms with Gasteiger partial charge >= 0.3 is 0 Å². The SMILES string of the molecule is COc1ccc(Cl)cc1NC(=O)CSc1nc2ccccc2n1S(=O)(=O)c1ccc(Cl)cc1. The lowest BCUT2D eigenvalue weighted by atomic mass is 10.3. The van der Waals surface area contributed by atoms with Crippen LogP contribution in [0.1, 0.15) is 0 Å². The first-order valence-corrected chi connectivity index (χ1v) is 12.7. The highest BCUT2D eigenvalue weighted by Gasteiger charge is 2.25. The van der Waals surface area contributed by atoms with Gasteiger partial charge in [0, 0.05) is 10.0 Å². The van der Waals surface area contributed by atoms with Crippen molar-refractivity contribution in [2.24, 2.45) is 0 Å². The van der Waals surface area contributed by atoms with Crippen LogP contribution in [0.2, 0.25) is 10.0 Å². The van der Waals surface area contributed by atoms with Crippen molar-refractivity contribution in [3.8, 4) is 5.75 Å². The topological polar surface area (TPSA) is 90.3 Å². The fourth-order valence-corrected chi connectivity index (χ4v) is 5.92. The largest absolute Gasteiger partial charge is 0.495 e. The fraction of sp³-hybridized carbons (Fsp3) is 0.0909. The van der Waals surface area contributed by atoms with E-state index < -0.39 is 10.0 Å². The number of nitrogens with zero attached hydrogens (tertiary/aromatic N) is 2. The molecule has 170 valence electrons. The molecule has 4 rings (SSSR count). The Morgan fingerprint density at radius 1 is 1.06 bits per heavy atom. The molecule has 4 aromatic rings. The van der Waals surface area contributed by atoms with Crippen LogP contribution in [-0.4, -0.2) is 36.1 Å². The number of fused-ring (bicyclic) bond motifs is 1. The van der Waals surface area contributed by atoms with Crippen LogP contribution >= 0.6 is 35.0 Å². The van der Waals surface area contributed by atoms with Gasteiger partial charge in [0.2, 0.25) is 5.91 Å². The predicted octanol–water partition coefficient (Wildman–Crippen LogP) is 5.32. The minimum atomic E-state index is -3.99.